The van der Waals surface area contributed by atoms with Crippen molar-refractivity contribution in [3.8, 4) is 0 Å². The van der Waals surface area contributed by atoms with Crippen molar-refractivity contribution in [3.63, 3.8) is 0 Å². The van der Waals surface area contributed by atoms with E-state index in [9.17, 15) is 18.0 Å². The lowest BCUT2D eigenvalue weighted by molar-refractivity contribution is -0.173. The van der Waals surface area contributed by atoms with Gasteiger partial charge in [0, 0.05) is 25.4 Å². The quantitative estimate of drug-likeness (QED) is 0.771. The molecule has 1 amide bonds. The topological polar surface area (TPSA) is 51.2 Å². The van der Waals surface area contributed by atoms with Crippen LogP contribution in [0.5, 0.6) is 0 Å². The molecule has 1 N–H and O–H groups in total. The third kappa shape index (κ3) is 8.15. The van der Waals surface area contributed by atoms with Gasteiger partial charge in [0.15, 0.2) is 0 Å². The second-order valence-corrected chi connectivity index (χ2v) is 3.88. The van der Waals surface area contributed by atoms with E-state index in [-0.39, 0.29) is 25.5 Å². The summed E-state index contributed by atoms with van der Waals surface area (Å²) in [4.78, 5) is 15.3. The lowest BCUT2D eigenvalue weighted by atomic mass is 10.1. The molecule has 0 aromatic carbocycles. The Morgan fingerprint density at radius 1 is 1.42 bits per heavy atom. The number of aryl methyl sites for hydroxylation is 1. The minimum atomic E-state index is -4.33. The molecule has 0 aliphatic rings. The predicted octanol–water partition coefficient (Wildman–Crippen LogP) is 1.71. The van der Waals surface area contributed by atoms with Crippen molar-refractivity contribution in [2.75, 3.05) is 19.8 Å². The van der Waals surface area contributed by atoms with E-state index in [1.807, 2.05) is 6.07 Å². The van der Waals surface area contributed by atoms with Gasteiger partial charge in [-0.25, -0.2) is 0 Å². The highest BCUT2D eigenvalue weighted by Crippen LogP contribution is 2.13. The fourth-order valence-electron chi connectivity index (χ4n) is 1.34. The van der Waals surface area contributed by atoms with E-state index in [4.69, 9.17) is 0 Å². The first kappa shape index (κ1) is 15.4. The molecule has 0 bridgehead atoms. The summed E-state index contributed by atoms with van der Waals surface area (Å²) >= 11 is 0. The van der Waals surface area contributed by atoms with E-state index < -0.39 is 12.8 Å². The van der Waals surface area contributed by atoms with Crippen molar-refractivity contribution in [1.82, 2.24) is 10.3 Å². The van der Waals surface area contributed by atoms with Crippen LogP contribution in [0.25, 0.3) is 0 Å². The van der Waals surface area contributed by atoms with Gasteiger partial charge in [0.2, 0.25) is 5.91 Å². The monoisotopic (exact) mass is 276 g/mol. The smallest absolute Gasteiger partial charge is 0.370 e. The average Bonchev–Trinajstić information content (AvgIpc) is 2.36. The van der Waals surface area contributed by atoms with E-state index in [0.29, 0.717) is 6.42 Å². The van der Waals surface area contributed by atoms with Crippen LogP contribution in [-0.4, -0.2) is 36.8 Å². The van der Waals surface area contributed by atoms with Crippen molar-refractivity contribution in [2.45, 2.75) is 19.0 Å². The van der Waals surface area contributed by atoms with Crippen molar-refractivity contribution in [3.05, 3.63) is 30.1 Å². The Labute approximate surface area is 109 Å². The molecule has 0 fully saturated rings. The summed E-state index contributed by atoms with van der Waals surface area (Å²) < 4.78 is 39.6. The molecule has 4 nitrogen and oxygen atoms in total. The summed E-state index contributed by atoms with van der Waals surface area (Å²) in [7, 11) is 0. The fraction of sp³-hybridized carbons (Fsp3) is 0.500. The number of carbonyl (C=O) groups is 1. The minimum Gasteiger partial charge on any atom is -0.370 e. The van der Waals surface area contributed by atoms with Crippen LogP contribution in [0.1, 0.15) is 12.0 Å². The predicted molar refractivity (Wildman–Crippen MR) is 62.4 cm³/mol. The summed E-state index contributed by atoms with van der Waals surface area (Å²) in [5.41, 5.74) is 0.936. The van der Waals surface area contributed by atoms with Crippen LogP contribution in [0.3, 0.4) is 0 Å². The molecule has 0 aliphatic carbocycles. The van der Waals surface area contributed by atoms with E-state index in [2.05, 4.69) is 15.0 Å². The van der Waals surface area contributed by atoms with Crippen LogP contribution in [0.4, 0.5) is 13.2 Å². The Kier molecular flexibility index (Phi) is 6.27. The molecular formula is C12H15F3N2O2. The van der Waals surface area contributed by atoms with Gasteiger partial charge in [0.25, 0.3) is 0 Å². The molecule has 0 saturated heterocycles. The van der Waals surface area contributed by atoms with E-state index >= 15 is 0 Å². The number of hydrogen-bond donors (Lipinski definition) is 1. The minimum absolute atomic E-state index is 0.0714. The summed E-state index contributed by atoms with van der Waals surface area (Å²) in [5, 5.41) is 2.49. The van der Waals surface area contributed by atoms with Crippen LogP contribution in [0.2, 0.25) is 0 Å². The van der Waals surface area contributed by atoms with Crippen LogP contribution in [-0.2, 0) is 16.0 Å². The molecule has 1 heterocycles. The first-order chi connectivity index (χ1) is 8.97. The highest BCUT2D eigenvalue weighted by atomic mass is 19.4. The summed E-state index contributed by atoms with van der Waals surface area (Å²) in [5.74, 6) is -0.223. The first-order valence-electron chi connectivity index (χ1n) is 5.77. The fourth-order valence-corrected chi connectivity index (χ4v) is 1.34. The maximum Gasteiger partial charge on any atom is 0.411 e. The molecule has 0 unspecified atom stereocenters. The molecule has 0 aliphatic heterocycles. The van der Waals surface area contributed by atoms with Gasteiger partial charge in [0.05, 0.1) is 6.61 Å². The van der Waals surface area contributed by atoms with E-state index in [1.54, 1.807) is 18.5 Å². The lowest BCUT2D eigenvalue weighted by Gasteiger charge is -2.08. The number of rotatable bonds is 7. The van der Waals surface area contributed by atoms with Gasteiger partial charge in [-0.15, -0.1) is 0 Å². The zero-order valence-corrected chi connectivity index (χ0v) is 10.2. The van der Waals surface area contributed by atoms with Crippen molar-refractivity contribution < 1.29 is 22.7 Å². The Morgan fingerprint density at radius 3 is 2.84 bits per heavy atom. The van der Waals surface area contributed by atoms with Crippen LogP contribution >= 0.6 is 0 Å². The third-order valence-electron chi connectivity index (χ3n) is 2.20. The van der Waals surface area contributed by atoms with Gasteiger partial charge in [-0.1, -0.05) is 6.07 Å². The molecule has 19 heavy (non-hydrogen) atoms. The van der Waals surface area contributed by atoms with Crippen LogP contribution < -0.4 is 5.32 Å². The Hall–Kier alpha value is -1.63. The zero-order valence-electron chi connectivity index (χ0n) is 10.2. The molecular weight excluding hydrogens is 261 g/mol. The highest BCUT2D eigenvalue weighted by molar-refractivity contribution is 5.76. The normalized spacial score (nSPS) is 11.3. The maximum absolute atomic E-state index is 11.7. The van der Waals surface area contributed by atoms with E-state index in [0.717, 1.165) is 5.56 Å². The number of pyridine rings is 1. The number of alkyl halides is 3. The Bertz CT molecular complexity index is 382. The van der Waals surface area contributed by atoms with Gasteiger partial charge in [-0.05, 0) is 18.1 Å². The standard InChI is InChI=1S/C12H15F3N2O2/c13-12(14,15)9-19-7-6-17-11(18)4-3-10-2-1-5-16-8-10/h1-2,5,8H,3-4,6-7,9H2,(H,17,18). The summed E-state index contributed by atoms with van der Waals surface area (Å²) in [6.45, 7) is -1.38. The zero-order chi connectivity index (χ0) is 14.1. The SMILES string of the molecule is O=C(CCc1cccnc1)NCCOCC(F)(F)F. The molecule has 0 radical (unpaired) electrons. The molecule has 106 valence electrons. The molecule has 1 rings (SSSR count). The third-order valence-corrected chi connectivity index (χ3v) is 2.20. The highest BCUT2D eigenvalue weighted by Gasteiger charge is 2.27. The van der Waals surface area contributed by atoms with Crippen molar-refractivity contribution in [2.24, 2.45) is 0 Å². The van der Waals surface area contributed by atoms with Crippen LogP contribution in [0, 0.1) is 0 Å². The van der Waals surface area contributed by atoms with Gasteiger partial charge < -0.3 is 10.1 Å². The number of ether oxygens (including phenoxy) is 1. The number of hydrogen-bond acceptors (Lipinski definition) is 3. The summed E-state index contributed by atoms with van der Waals surface area (Å²) in [6.07, 6.45) is -0.209. The summed E-state index contributed by atoms with van der Waals surface area (Å²) in [6, 6.07) is 3.63. The number of aromatic nitrogens is 1. The van der Waals surface area contributed by atoms with Gasteiger partial charge in [-0.3, -0.25) is 9.78 Å². The molecule has 7 heteroatoms. The molecule has 1 aromatic heterocycles. The average molecular weight is 276 g/mol. The van der Waals surface area contributed by atoms with Gasteiger partial charge >= 0.3 is 6.18 Å². The van der Waals surface area contributed by atoms with Gasteiger partial charge in [-0.2, -0.15) is 13.2 Å². The molecule has 1 aromatic rings. The van der Waals surface area contributed by atoms with E-state index in [1.165, 1.54) is 0 Å². The number of amides is 1. The first-order valence-corrected chi connectivity index (χ1v) is 5.77. The number of halogens is 3. The molecule has 0 spiro atoms. The number of nitrogens with one attached hydrogen (secondary N) is 1. The second kappa shape index (κ2) is 7.73. The largest absolute Gasteiger partial charge is 0.411 e. The molecule has 0 atom stereocenters. The molecule has 0 saturated carbocycles. The number of carbonyl (C=O) groups excluding carboxylic acids is 1. The number of nitrogens with zero attached hydrogens (tertiary/aromatic N) is 1. The van der Waals surface area contributed by atoms with Crippen LogP contribution in [0.15, 0.2) is 24.5 Å². The second-order valence-electron chi connectivity index (χ2n) is 3.88. The maximum atomic E-state index is 11.7. The van der Waals surface area contributed by atoms with Crippen molar-refractivity contribution >= 4 is 5.91 Å². The lowest BCUT2D eigenvalue weighted by Crippen LogP contribution is -2.29. The van der Waals surface area contributed by atoms with Gasteiger partial charge in [0.1, 0.15) is 6.61 Å². The Balaban J connectivity index is 2.06. The van der Waals surface area contributed by atoms with Crippen molar-refractivity contribution in [1.29, 1.82) is 0 Å². The Morgan fingerprint density at radius 2 is 2.21 bits per heavy atom.